The maximum atomic E-state index is 6.16. The van der Waals surface area contributed by atoms with Crippen LogP contribution in [0, 0.1) is 5.92 Å². The van der Waals surface area contributed by atoms with Crippen molar-refractivity contribution in [3.05, 3.63) is 23.8 Å². The van der Waals surface area contributed by atoms with Crippen LogP contribution in [-0.4, -0.2) is 22.6 Å². The first-order valence-electron chi connectivity index (χ1n) is 8.25. The lowest BCUT2D eigenvalue weighted by Gasteiger charge is -2.38. The van der Waals surface area contributed by atoms with E-state index in [2.05, 4.69) is 38.0 Å². The van der Waals surface area contributed by atoms with Crippen LogP contribution in [-0.2, 0) is 16.9 Å². The monoisotopic (exact) mass is 291 g/mol. The van der Waals surface area contributed by atoms with E-state index in [9.17, 15) is 0 Å². The maximum absolute atomic E-state index is 6.16. The Morgan fingerprint density at radius 1 is 1.48 bits per heavy atom. The Balaban J connectivity index is 2.21. The molecule has 1 aromatic rings. The second-order valence-electron chi connectivity index (χ2n) is 6.54. The van der Waals surface area contributed by atoms with Gasteiger partial charge in [-0.15, -0.1) is 0 Å². The molecule has 0 bridgehead atoms. The fourth-order valence-corrected chi connectivity index (χ4v) is 3.20. The van der Waals surface area contributed by atoms with Crippen LogP contribution in [0.25, 0.3) is 0 Å². The number of ether oxygens (including phenoxy) is 1. The zero-order valence-corrected chi connectivity index (χ0v) is 13.9. The van der Waals surface area contributed by atoms with Gasteiger partial charge in [0, 0.05) is 25.4 Å². The van der Waals surface area contributed by atoms with Crippen molar-refractivity contribution in [2.75, 3.05) is 6.61 Å². The van der Waals surface area contributed by atoms with Crippen molar-refractivity contribution in [3.63, 3.8) is 0 Å². The summed E-state index contributed by atoms with van der Waals surface area (Å²) in [5.41, 5.74) is 0.770. The molecule has 2 rings (SSSR count). The summed E-state index contributed by atoms with van der Waals surface area (Å²) in [5, 5.41) is 3.41. The van der Waals surface area contributed by atoms with Gasteiger partial charge in [0.05, 0.1) is 5.69 Å². The second kappa shape index (κ2) is 7.32. The van der Waals surface area contributed by atoms with Crippen LogP contribution in [0.5, 0.6) is 0 Å². The summed E-state index contributed by atoms with van der Waals surface area (Å²) in [5.74, 6) is 1.55. The molecule has 21 heavy (non-hydrogen) atoms. The fraction of sp³-hybridized carbons (Fsp3) is 0.765. The molecular formula is C17H29N3O. The van der Waals surface area contributed by atoms with E-state index in [-0.39, 0.29) is 5.60 Å². The standard InChI is InChI=1S/C17H29N3O/c1-5-21-17(9-6-7-14(4)11-17)16-18-10-8-15(20-16)12-19-13(2)3/h8,10,13-14,19H,5-7,9,11-12H2,1-4H3. The van der Waals surface area contributed by atoms with Crippen LogP contribution in [0.3, 0.4) is 0 Å². The van der Waals surface area contributed by atoms with Gasteiger partial charge >= 0.3 is 0 Å². The van der Waals surface area contributed by atoms with Crippen LogP contribution >= 0.6 is 0 Å². The molecule has 4 heteroatoms. The van der Waals surface area contributed by atoms with Crippen molar-refractivity contribution in [1.82, 2.24) is 15.3 Å². The lowest BCUT2D eigenvalue weighted by Crippen LogP contribution is -2.37. The third-order valence-corrected chi connectivity index (χ3v) is 4.19. The summed E-state index contributed by atoms with van der Waals surface area (Å²) >= 11 is 0. The molecule has 0 saturated heterocycles. The molecule has 0 radical (unpaired) electrons. The van der Waals surface area contributed by atoms with E-state index in [0.29, 0.717) is 18.6 Å². The highest BCUT2D eigenvalue weighted by molar-refractivity contribution is 5.10. The van der Waals surface area contributed by atoms with Crippen molar-refractivity contribution < 1.29 is 4.74 Å². The molecule has 1 aliphatic carbocycles. The Kier molecular flexibility index (Phi) is 5.71. The zero-order chi connectivity index (χ0) is 15.3. The van der Waals surface area contributed by atoms with E-state index < -0.39 is 0 Å². The fourth-order valence-electron chi connectivity index (χ4n) is 3.20. The first kappa shape index (κ1) is 16.4. The van der Waals surface area contributed by atoms with Crippen LogP contribution in [0.4, 0.5) is 0 Å². The van der Waals surface area contributed by atoms with E-state index in [0.717, 1.165) is 30.9 Å². The average molecular weight is 291 g/mol. The first-order valence-corrected chi connectivity index (χ1v) is 8.25. The normalized spacial score (nSPS) is 26.2. The number of nitrogens with zero attached hydrogens (tertiary/aromatic N) is 2. The number of hydrogen-bond donors (Lipinski definition) is 1. The van der Waals surface area contributed by atoms with Crippen LogP contribution in [0.1, 0.15) is 64.9 Å². The lowest BCUT2D eigenvalue weighted by molar-refractivity contribution is -0.0882. The van der Waals surface area contributed by atoms with E-state index in [4.69, 9.17) is 9.72 Å². The third-order valence-electron chi connectivity index (χ3n) is 4.19. The average Bonchev–Trinajstić information content (AvgIpc) is 2.46. The molecule has 1 aliphatic rings. The van der Waals surface area contributed by atoms with Crippen LogP contribution < -0.4 is 5.32 Å². The van der Waals surface area contributed by atoms with Gasteiger partial charge in [-0.3, -0.25) is 0 Å². The molecule has 2 atom stereocenters. The van der Waals surface area contributed by atoms with Gasteiger partial charge in [0.2, 0.25) is 0 Å². The molecule has 0 aromatic carbocycles. The summed E-state index contributed by atoms with van der Waals surface area (Å²) in [6.07, 6.45) is 6.41. The van der Waals surface area contributed by atoms with Gasteiger partial charge in [0.25, 0.3) is 0 Å². The van der Waals surface area contributed by atoms with Gasteiger partial charge in [-0.05, 0) is 38.2 Å². The van der Waals surface area contributed by atoms with Gasteiger partial charge in [0.1, 0.15) is 5.60 Å². The molecule has 2 unspecified atom stereocenters. The van der Waals surface area contributed by atoms with Gasteiger partial charge in [-0.1, -0.05) is 27.2 Å². The Labute approximate surface area is 128 Å². The SMILES string of the molecule is CCOC1(c2nccc(CNC(C)C)n2)CCCC(C)C1. The molecule has 1 heterocycles. The first-order chi connectivity index (χ1) is 10.1. The smallest absolute Gasteiger partial charge is 0.160 e. The molecule has 1 fully saturated rings. The van der Waals surface area contributed by atoms with Crippen molar-refractivity contribution in [3.8, 4) is 0 Å². The number of hydrogen-bond acceptors (Lipinski definition) is 4. The predicted molar refractivity (Wildman–Crippen MR) is 84.9 cm³/mol. The molecule has 118 valence electrons. The molecule has 1 aromatic heterocycles. The highest BCUT2D eigenvalue weighted by Gasteiger charge is 2.40. The van der Waals surface area contributed by atoms with Crippen LogP contribution in [0.15, 0.2) is 12.3 Å². The van der Waals surface area contributed by atoms with Gasteiger partial charge in [-0.2, -0.15) is 0 Å². The third kappa shape index (κ3) is 4.24. The lowest BCUT2D eigenvalue weighted by atomic mass is 9.78. The van der Waals surface area contributed by atoms with Gasteiger partial charge in [0.15, 0.2) is 5.82 Å². The van der Waals surface area contributed by atoms with Crippen molar-refractivity contribution in [2.45, 2.75) is 71.6 Å². The predicted octanol–water partition coefficient (Wildman–Crippen LogP) is 3.42. The molecule has 0 spiro atoms. The van der Waals surface area contributed by atoms with E-state index in [1.165, 1.54) is 12.8 Å². The topological polar surface area (TPSA) is 47.0 Å². The Morgan fingerprint density at radius 2 is 2.29 bits per heavy atom. The molecule has 4 nitrogen and oxygen atoms in total. The highest BCUT2D eigenvalue weighted by atomic mass is 16.5. The minimum Gasteiger partial charge on any atom is -0.367 e. The molecule has 0 amide bonds. The van der Waals surface area contributed by atoms with E-state index in [1.807, 2.05) is 12.3 Å². The van der Waals surface area contributed by atoms with E-state index >= 15 is 0 Å². The van der Waals surface area contributed by atoms with Crippen LogP contribution in [0.2, 0.25) is 0 Å². The summed E-state index contributed by atoms with van der Waals surface area (Å²) in [6, 6.07) is 2.45. The van der Waals surface area contributed by atoms with Gasteiger partial charge < -0.3 is 10.1 Å². The highest BCUT2D eigenvalue weighted by Crippen LogP contribution is 2.41. The number of nitrogens with one attached hydrogen (secondary N) is 1. The molecular weight excluding hydrogens is 262 g/mol. The minimum absolute atomic E-state index is 0.278. The summed E-state index contributed by atoms with van der Waals surface area (Å²) in [7, 11) is 0. The summed E-state index contributed by atoms with van der Waals surface area (Å²) in [4.78, 5) is 9.35. The quantitative estimate of drug-likeness (QED) is 0.872. The Bertz CT molecular complexity index is 445. The summed E-state index contributed by atoms with van der Waals surface area (Å²) in [6.45, 7) is 10.1. The maximum Gasteiger partial charge on any atom is 0.160 e. The zero-order valence-electron chi connectivity index (χ0n) is 13.9. The van der Waals surface area contributed by atoms with Crippen molar-refractivity contribution >= 4 is 0 Å². The number of aromatic nitrogens is 2. The Morgan fingerprint density at radius 3 is 2.95 bits per heavy atom. The largest absolute Gasteiger partial charge is 0.367 e. The molecule has 1 saturated carbocycles. The molecule has 1 N–H and O–H groups in total. The minimum atomic E-state index is -0.278. The van der Waals surface area contributed by atoms with Gasteiger partial charge in [-0.25, -0.2) is 9.97 Å². The number of rotatable bonds is 6. The van der Waals surface area contributed by atoms with Crippen molar-refractivity contribution in [2.24, 2.45) is 5.92 Å². The second-order valence-corrected chi connectivity index (χ2v) is 6.54. The molecule has 0 aliphatic heterocycles. The summed E-state index contributed by atoms with van der Waals surface area (Å²) < 4.78 is 6.16. The van der Waals surface area contributed by atoms with E-state index in [1.54, 1.807) is 0 Å². The Hall–Kier alpha value is -1.00. The van der Waals surface area contributed by atoms with Crippen molar-refractivity contribution in [1.29, 1.82) is 0 Å².